The smallest absolute Gasteiger partial charge is 0.269 e. The van der Waals surface area contributed by atoms with Crippen LogP contribution in [0, 0.1) is 10.1 Å². The molecule has 5 rings (SSSR count). The minimum absolute atomic E-state index is 0.000446. The molecule has 2 atom stereocenters. The molecule has 3 aromatic carbocycles. The maximum atomic E-state index is 13.5. The Labute approximate surface area is 190 Å². The van der Waals surface area contributed by atoms with Gasteiger partial charge in [-0.3, -0.25) is 14.9 Å². The van der Waals surface area contributed by atoms with E-state index in [1.807, 2.05) is 54.6 Å². The monoisotopic (exact) mass is 445 g/mol. The molecule has 1 aliphatic heterocycles. The molecule has 0 radical (unpaired) electrons. The number of nitrogens with zero attached hydrogens (tertiary/aromatic N) is 1. The van der Waals surface area contributed by atoms with E-state index < -0.39 is 11.0 Å². The lowest BCUT2D eigenvalue weighted by Gasteiger charge is -2.30. The summed E-state index contributed by atoms with van der Waals surface area (Å²) in [5.41, 5.74) is 4.62. The number of benzene rings is 3. The third-order valence-electron chi connectivity index (χ3n) is 6.08. The molecule has 0 saturated carbocycles. The molecule has 0 unspecified atom stereocenters. The molecule has 0 spiro atoms. The Balaban J connectivity index is 1.66. The predicted octanol–water partition coefficient (Wildman–Crippen LogP) is 6.23. The van der Waals surface area contributed by atoms with Gasteiger partial charge in [-0.25, -0.2) is 0 Å². The van der Waals surface area contributed by atoms with Crippen LogP contribution in [0.15, 0.2) is 84.1 Å². The van der Waals surface area contributed by atoms with Gasteiger partial charge in [-0.15, -0.1) is 0 Å². The minimum Gasteiger partial charge on any atom is -0.372 e. The van der Waals surface area contributed by atoms with Crippen LogP contribution < -0.4 is 10.6 Å². The Hall–Kier alpha value is -3.64. The summed E-state index contributed by atoms with van der Waals surface area (Å²) in [6, 6.07) is 21.4. The van der Waals surface area contributed by atoms with Crippen molar-refractivity contribution in [1.82, 2.24) is 0 Å². The van der Waals surface area contributed by atoms with E-state index in [1.165, 1.54) is 18.2 Å². The first-order valence-corrected chi connectivity index (χ1v) is 10.8. The second-order valence-corrected chi connectivity index (χ2v) is 8.45. The predicted molar refractivity (Wildman–Crippen MR) is 125 cm³/mol. The van der Waals surface area contributed by atoms with Crippen LogP contribution in [0.3, 0.4) is 0 Å². The van der Waals surface area contributed by atoms with E-state index in [2.05, 4.69) is 10.6 Å². The second-order valence-electron chi connectivity index (χ2n) is 8.04. The summed E-state index contributed by atoms with van der Waals surface area (Å²) in [5.74, 6) is 0.0573. The highest BCUT2D eigenvalue weighted by Crippen LogP contribution is 2.45. The van der Waals surface area contributed by atoms with Gasteiger partial charge in [0, 0.05) is 40.4 Å². The number of non-ortho nitro benzene ring substituents is 1. The zero-order valence-electron chi connectivity index (χ0n) is 17.0. The molecular weight excluding hydrogens is 426 g/mol. The molecule has 6 nitrogen and oxygen atoms in total. The van der Waals surface area contributed by atoms with Crippen molar-refractivity contribution in [3.05, 3.63) is 110 Å². The van der Waals surface area contributed by atoms with Gasteiger partial charge < -0.3 is 10.6 Å². The number of anilines is 2. The third-order valence-corrected chi connectivity index (χ3v) is 6.43. The fourth-order valence-corrected chi connectivity index (χ4v) is 4.78. The molecule has 32 heavy (non-hydrogen) atoms. The number of nitro groups is 1. The Morgan fingerprint density at radius 2 is 1.66 bits per heavy atom. The summed E-state index contributed by atoms with van der Waals surface area (Å²) in [7, 11) is 0. The average molecular weight is 446 g/mol. The summed E-state index contributed by atoms with van der Waals surface area (Å²) < 4.78 is 0. The van der Waals surface area contributed by atoms with Crippen molar-refractivity contribution in [2.24, 2.45) is 0 Å². The van der Waals surface area contributed by atoms with E-state index in [4.69, 9.17) is 11.6 Å². The number of nitro benzene ring substituents is 1. The Bertz CT molecular complexity index is 1260. The Morgan fingerprint density at radius 3 is 2.41 bits per heavy atom. The van der Waals surface area contributed by atoms with E-state index in [0.29, 0.717) is 29.0 Å². The van der Waals surface area contributed by atoms with Gasteiger partial charge >= 0.3 is 0 Å². The van der Waals surface area contributed by atoms with Crippen molar-refractivity contribution < 1.29 is 9.72 Å². The molecule has 0 bridgehead atoms. The molecule has 2 aliphatic rings. The van der Waals surface area contributed by atoms with Crippen molar-refractivity contribution >= 4 is 34.4 Å². The quantitative estimate of drug-likeness (QED) is 0.369. The minimum atomic E-state index is -0.599. The van der Waals surface area contributed by atoms with Gasteiger partial charge in [0.25, 0.3) is 5.69 Å². The van der Waals surface area contributed by atoms with Crippen molar-refractivity contribution in [2.75, 3.05) is 10.6 Å². The number of rotatable bonds is 3. The van der Waals surface area contributed by atoms with Gasteiger partial charge in [-0.1, -0.05) is 54.1 Å². The van der Waals surface area contributed by atoms with Crippen molar-refractivity contribution in [3.63, 3.8) is 0 Å². The Morgan fingerprint density at radius 1 is 0.938 bits per heavy atom. The molecule has 160 valence electrons. The number of carbonyl (C=O) groups is 1. The van der Waals surface area contributed by atoms with Crippen LogP contribution >= 0.6 is 11.6 Å². The van der Waals surface area contributed by atoms with E-state index in [-0.39, 0.29) is 17.4 Å². The standard InChI is InChI=1S/C25H20ClN3O3/c26-19-11-10-17(29(31)32)14-18(19)25-24-22(27-20-8-4-5-9-21(20)28-25)12-16(13-23(24)30)15-6-2-1-3-7-15/h1-11,14,16,25,27-28H,12-13H2/t16-,25-/m1/s1. The first kappa shape index (κ1) is 20.3. The zero-order chi connectivity index (χ0) is 22.2. The number of hydrogen-bond acceptors (Lipinski definition) is 5. The van der Waals surface area contributed by atoms with Crippen molar-refractivity contribution in [2.45, 2.75) is 24.8 Å². The van der Waals surface area contributed by atoms with Crippen LogP contribution in [-0.4, -0.2) is 10.7 Å². The maximum Gasteiger partial charge on any atom is 0.269 e. The number of ketones is 1. The molecule has 7 heteroatoms. The molecule has 1 aliphatic carbocycles. The summed E-state index contributed by atoms with van der Waals surface area (Å²) in [4.78, 5) is 24.5. The van der Waals surface area contributed by atoms with Crippen molar-refractivity contribution in [1.29, 1.82) is 0 Å². The van der Waals surface area contributed by atoms with Crippen LogP contribution in [0.25, 0.3) is 0 Å². The first-order chi connectivity index (χ1) is 15.5. The number of fused-ring (bicyclic) bond motifs is 1. The summed E-state index contributed by atoms with van der Waals surface area (Å²) in [5, 5.41) is 18.7. The van der Waals surface area contributed by atoms with Gasteiger partial charge in [0.2, 0.25) is 0 Å². The van der Waals surface area contributed by atoms with E-state index in [1.54, 1.807) is 0 Å². The van der Waals surface area contributed by atoms with Crippen LogP contribution in [0.4, 0.5) is 17.1 Å². The van der Waals surface area contributed by atoms with Gasteiger partial charge in [0.15, 0.2) is 5.78 Å². The average Bonchev–Trinajstić information content (AvgIpc) is 2.96. The number of carbonyl (C=O) groups excluding carboxylic acids is 1. The molecule has 0 aromatic heterocycles. The molecular formula is C25H20ClN3O3. The lowest BCUT2D eigenvalue weighted by atomic mass is 9.78. The van der Waals surface area contributed by atoms with E-state index >= 15 is 0 Å². The highest BCUT2D eigenvalue weighted by molar-refractivity contribution is 6.31. The lowest BCUT2D eigenvalue weighted by Crippen LogP contribution is -2.27. The molecule has 0 amide bonds. The highest BCUT2D eigenvalue weighted by Gasteiger charge is 2.37. The Kier molecular flexibility index (Phi) is 5.15. The molecule has 3 aromatic rings. The largest absolute Gasteiger partial charge is 0.372 e. The summed E-state index contributed by atoms with van der Waals surface area (Å²) in [6.45, 7) is 0. The summed E-state index contributed by atoms with van der Waals surface area (Å²) in [6.07, 6.45) is 1.02. The number of allylic oxidation sites excluding steroid dienone is 1. The van der Waals surface area contributed by atoms with Gasteiger partial charge in [0.05, 0.1) is 22.3 Å². The SMILES string of the molecule is O=C1C[C@H](c2ccccc2)CC2=C1[C@@H](c1cc([N+](=O)[O-])ccc1Cl)Nc1ccccc1N2. The molecule has 0 fully saturated rings. The van der Waals surface area contributed by atoms with Gasteiger partial charge in [-0.2, -0.15) is 0 Å². The van der Waals surface area contributed by atoms with Crippen LogP contribution in [0.1, 0.15) is 35.9 Å². The van der Waals surface area contributed by atoms with Crippen LogP contribution in [-0.2, 0) is 4.79 Å². The fourth-order valence-electron chi connectivity index (χ4n) is 4.55. The zero-order valence-corrected chi connectivity index (χ0v) is 17.8. The van der Waals surface area contributed by atoms with Crippen LogP contribution in [0.2, 0.25) is 5.02 Å². The lowest BCUT2D eigenvalue weighted by molar-refractivity contribution is -0.384. The normalized spacial score (nSPS) is 19.8. The number of hydrogen-bond donors (Lipinski definition) is 2. The number of halogens is 1. The second kappa shape index (κ2) is 8.13. The third kappa shape index (κ3) is 3.63. The summed E-state index contributed by atoms with van der Waals surface area (Å²) >= 11 is 6.50. The first-order valence-electron chi connectivity index (χ1n) is 10.4. The van der Waals surface area contributed by atoms with Crippen molar-refractivity contribution in [3.8, 4) is 0 Å². The fraction of sp³-hybridized carbons (Fsp3) is 0.160. The number of nitrogens with one attached hydrogen (secondary N) is 2. The number of Topliss-reactive ketones (excluding diaryl/α,β-unsaturated/α-hetero) is 1. The van der Waals surface area contributed by atoms with E-state index in [0.717, 1.165) is 22.6 Å². The number of para-hydroxylation sites is 2. The molecule has 1 heterocycles. The molecule has 0 saturated heterocycles. The maximum absolute atomic E-state index is 13.5. The van der Waals surface area contributed by atoms with E-state index in [9.17, 15) is 14.9 Å². The topological polar surface area (TPSA) is 84.3 Å². The highest BCUT2D eigenvalue weighted by atomic mass is 35.5. The van der Waals surface area contributed by atoms with Gasteiger partial charge in [0.1, 0.15) is 0 Å². The van der Waals surface area contributed by atoms with Crippen LogP contribution in [0.5, 0.6) is 0 Å². The molecule has 2 N–H and O–H groups in total. The van der Waals surface area contributed by atoms with Gasteiger partial charge in [-0.05, 0) is 36.1 Å².